The molecule has 1 saturated carbocycles. The van der Waals surface area contributed by atoms with Gasteiger partial charge in [-0.2, -0.15) is 0 Å². The lowest BCUT2D eigenvalue weighted by Crippen LogP contribution is -2.10. The Morgan fingerprint density at radius 2 is 2.19 bits per heavy atom. The standard InChI is InChI=1S/C12H19N3O/c13-15-12-7-3-6-11(14-12)9-16-8-10-4-1-2-5-10/h3,6-7,10H,1-2,4-5,8-9,13H2,(H,14,15). The lowest BCUT2D eigenvalue weighted by Gasteiger charge is -2.09. The number of hydrogen-bond donors (Lipinski definition) is 2. The SMILES string of the molecule is NNc1cccc(COCC2CCCC2)n1. The third-order valence-corrected chi connectivity index (χ3v) is 3.03. The molecule has 0 unspecified atom stereocenters. The molecular formula is C12H19N3O. The molecule has 0 atom stereocenters. The molecule has 1 aliphatic rings. The van der Waals surface area contributed by atoms with E-state index in [2.05, 4.69) is 10.4 Å². The first-order valence-corrected chi connectivity index (χ1v) is 5.89. The average molecular weight is 221 g/mol. The summed E-state index contributed by atoms with van der Waals surface area (Å²) in [4.78, 5) is 4.29. The summed E-state index contributed by atoms with van der Waals surface area (Å²) in [7, 11) is 0. The van der Waals surface area contributed by atoms with Crippen molar-refractivity contribution in [1.29, 1.82) is 0 Å². The molecule has 0 saturated heterocycles. The fraction of sp³-hybridized carbons (Fsp3) is 0.583. The molecule has 0 aliphatic heterocycles. The molecule has 1 heterocycles. The third-order valence-electron chi connectivity index (χ3n) is 3.03. The minimum atomic E-state index is 0.575. The van der Waals surface area contributed by atoms with Gasteiger partial charge in [0, 0.05) is 6.61 Å². The number of ether oxygens (including phenoxy) is 1. The van der Waals surface area contributed by atoms with Gasteiger partial charge >= 0.3 is 0 Å². The summed E-state index contributed by atoms with van der Waals surface area (Å²) in [6, 6.07) is 5.71. The Morgan fingerprint density at radius 3 is 2.94 bits per heavy atom. The number of nitrogens with one attached hydrogen (secondary N) is 1. The van der Waals surface area contributed by atoms with E-state index in [4.69, 9.17) is 10.6 Å². The van der Waals surface area contributed by atoms with E-state index in [0.29, 0.717) is 12.4 Å². The van der Waals surface area contributed by atoms with Gasteiger partial charge in [0.05, 0.1) is 12.3 Å². The Kier molecular flexibility index (Phi) is 4.13. The Morgan fingerprint density at radius 1 is 1.38 bits per heavy atom. The highest BCUT2D eigenvalue weighted by Crippen LogP contribution is 2.24. The molecule has 4 nitrogen and oxygen atoms in total. The second-order valence-electron chi connectivity index (χ2n) is 4.32. The lowest BCUT2D eigenvalue weighted by atomic mass is 10.1. The number of hydrogen-bond acceptors (Lipinski definition) is 4. The van der Waals surface area contributed by atoms with Crippen LogP contribution in [0.15, 0.2) is 18.2 Å². The number of aromatic nitrogens is 1. The first kappa shape index (κ1) is 11.4. The predicted molar refractivity (Wildman–Crippen MR) is 63.7 cm³/mol. The Balaban J connectivity index is 1.75. The molecule has 3 N–H and O–H groups in total. The van der Waals surface area contributed by atoms with Crippen molar-refractivity contribution in [1.82, 2.24) is 4.98 Å². The molecule has 1 fully saturated rings. The molecule has 0 aromatic carbocycles. The lowest BCUT2D eigenvalue weighted by molar-refractivity contribution is 0.0868. The Hall–Kier alpha value is -1.13. The van der Waals surface area contributed by atoms with Crippen LogP contribution in [0.3, 0.4) is 0 Å². The number of nitrogens with two attached hydrogens (primary N) is 1. The molecule has 1 aromatic heterocycles. The van der Waals surface area contributed by atoms with Gasteiger partial charge in [0.2, 0.25) is 0 Å². The summed E-state index contributed by atoms with van der Waals surface area (Å²) in [5.41, 5.74) is 3.46. The number of anilines is 1. The molecular weight excluding hydrogens is 202 g/mol. The molecule has 4 heteroatoms. The average Bonchev–Trinajstić information content (AvgIpc) is 2.82. The summed E-state index contributed by atoms with van der Waals surface area (Å²) in [6.45, 7) is 1.44. The van der Waals surface area contributed by atoms with Crippen LogP contribution in [0.2, 0.25) is 0 Å². The van der Waals surface area contributed by atoms with E-state index in [1.165, 1.54) is 25.7 Å². The van der Waals surface area contributed by atoms with Crippen molar-refractivity contribution in [3.05, 3.63) is 23.9 Å². The normalized spacial score (nSPS) is 16.6. The van der Waals surface area contributed by atoms with Gasteiger partial charge in [-0.25, -0.2) is 10.8 Å². The zero-order valence-electron chi connectivity index (χ0n) is 9.48. The van der Waals surface area contributed by atoms with Gasteiger partial charge < -0.3 is 10.2 Å². The number of rotatable bonds is 5. The fourth-order valence-electron chi connectivity index (χ4n) is 2.15. The van der Waals surface area contributed by atoms with Crippen molar-refractivity contribution in [2.24, 2.45) is 11.8 Å². The van der Waals surface area contributed by atoms with Crippen LogP contribution in [0.25, 0.3) is 0 Å². The van der Waals surface area contributed by atoms with Gasteiger partial charge in [0.15, 0.2) is 0 Å². The molecule has 0 amide bonds. The van der Waals surface area contributed by atoms with Crippen LogP contribution >= 0.6 is 0 Å². The van der Waals surface area contributed by atoms with Crippen LogP contribution in [0.4, 0.5) is 5.82 Å². The molecule has 0 radical (unpaired) electrons. The first-order valence-electron chi connectivity index (χ1n) is 5.89. The monoisotopic (exact) mass is 221 g/mol. The molecule has 1 aromatic rings. The summed E-state index contributed by atoms with van der Waals surface area (Å²) in [5.74, 6) is 6.74. The van der Waals surface area contributed by atoms with Crippen molar-refractivity contribution in [2.45, 2.75) is 32.3 Å². The van der Waals surface area contributed by atoms with Crippen molar-refractivity contribution < 1.29 is 4.74 Å². The minimum Gasteiger partial charge on any atom is -0.375 e. The van der Waals surface area contributed by atoms with Crippen molar-refractivity contribution in [2.75, 3.05) is 12.0 Å². The van der Waals surface area contributed by atoms with E-state index in [-0.39, 0.29) is 0 Å². The van der Waals surface area contributed by atoms with Gasteiger partial charge in [0.1, 0.15) is 5.82 Å². The number of hydrazine groups is 1. The summed E-state index contributed by atoms with van der Waals surface area (Å²) >= 11 is 0. The van der Waals surface area contributed by atoms with Crippen molar-refractivity contribution in [3.8, 4) is 0 Å². The van der Waals surface area contributed by atoms with Gasteiger partial charge in [-0.15, -0.1) is 0 Å². The number of nitrogens with zero attached hydrogens (tertiary/aromatic N) is 1. The maximum Gasteiger partial charge on any atom is 0.140 e. The van der Waals surface area contributed by atoms with Crippen molar-refractivity contribution in [3.63, 3.8) is 0 Å². The molecule has 1 aliphatic carbocycles. The second kappa shape index (κ2) is 5.82. The molecule has 88 valence electrons. The number of nitrogen functional groups attached to an aromatic ring is 1. The molecule has 0 bridgehead atoms. The van der Waals surface area contributed by atoms with Crippen LogP contribution < -0.4 is 11.3 Å². The van der Waals surface area contributed by atoms with Gasteiger partial charge in [-0.05, 0) is 30.9 Å². The summed E-state index contributed by atoms with van der Waals surface area (Å²) in [6.07, 6.45) is 5.35. The maximum atomic E-state index is 5.67. The van der Waals surface area contributed by atoms with Gasteiger partial charge in [0.25, 0.3) is 0 Å². The zero-order chi connectivity index (χ0) is 11.2. The molecule has 0 spiro atoms. The van der Waals surface area contributed by atoms with Crippen LogP contribution in [-0.4, -0.2) is 11.6 Å². The molecule has 2 rings (SSSR count). The summed E-state index contributed by atoms with van der Waals surface area (Å²) in [5, 5.41) is 0. The topological polar surface area (TPSA) is 60.2 Å². The van der Waals surface area contributed by atoms with E-state index in [9.17, 15) is 0 Å². The van der Waals surface area contributed by atoms with Crippen LogP contribution in [0, 0.1) is 5.92 Å². The zero-order valence-corrected chi connectivity index (χ0v) is 9.48. The van der Waals surface area contributed by atoms with Gasteiger partial charge in [-0.1, -0.05) is 18.9 Å². The van der Waals surface area contributed by atoms with E-state index in [1.807, 2.05) is 18.2 Å². The fourth-order valence-corrected chi connectivity index (χ4v) is 2.15. The summed E-state index contributed by atoms with van der Waals surface area (Å²) < 4.78 is 5.67. The van der Waals surface area contributed by atoms with E-state index < -0.39 is 0 Å². The third kappa shape index (κ3) is 3.18. The van der Waals surface area contributed by atoms with Crippen LogP contribution in [0.1, 0.15) is 31.4 Å². The Bertz CT molecular complexity index is 324. The Labute approximate surface area is 96.2 Å². The predicted octanol–water partition coefficient (Wildman–Crippen LogP) is 2.07. The highest BCUT2D eigenvalue weighted by Gasteiger charge is 2.14. The highest BCUT2D eigenvalue weighted by molar-refractivity contribution is 5.33. The quantitative estimate of drug-likeness (QED) is 0.590. The van der Waals surface area contributed by atoms with Crippen LogP contribution in [0.5, 0.6) is 0 Å². The molecule has 16 heavy (non-hydrogen) atoms. The maximum absolute atomic E-state index is 5.67. The largest absolute Gasteiger partial charge is 0.375 e. The van der Waals surface area contributed by atoms with E-state index in [0.717, 1.165) is 18.2 Å². The first-order chi connectivity index (χ1) is 7.88. The van der Waals surface area contributed by atoms with Gasteiger partial charge in [-0.3, -0.25) is 0 Å². The highest BCUT2D eigenvalue weighted by atomic mass is 16.5. The minimum absolute atomic E-state index is 0.575. The van der Waals surface area contributed by atoms with E-state index >= 15 is 0 Å². The second-order valence-corrected chi connectivity index (χ2v) is 4.32. The van der Waals surface area contributed by atoms with E-state index in [1.54, 1.807) is 0 Å². The van der Waals surface area contributed by atoms with Crippen molar-refractivity contribution >= 4 is 5.82 Å². The smallest absolute Gasteiger partial charge is 0.140 e. The van der Waals surface area contributed by atoms with Crippen LogP contribution in [-0.2, 0) is 11.3 Å². The number of pyridine rings is 1.